The molecule has 3 heterocycles. The van der Waals surface area contributed by atoms with Crippen LogP contribution in [0.15, 0.2) is 57.6 Å². The number of aldehydes is 1. The molecule has 0 saturated carbocycles. The minimum absolute atomic E-state index is 0.144. The van der Waals surface area contributed by atoms with Crippen LogP contribution in [0.5, 0.6) is 5.75 Å². The summed E-state index contributed by atoms with van der Waals surface area (Å²) < 4.78 is 30.3. The molecule has 0 radical (unpaired) electrons. The predicted octanol–water partition coefficient (Wildman–Crippen LogP) is 4.88. The second-order valence-corrected chi connectivity index (χ2v) is 6.64. The molecule has 0 atom stereocenters. The van der Waals surface area contributed by atoms with Gasteiger partial charge in [0.2, 0.25) is 0 Å². The van der Waals surface area contributed by atoms with Gasteiger partial charge in [-0.05, 0) is 12.1 Å². The van der Waals surface area contributed by atoms with Crippen molar-refractivity contribution in [2.75, 3.05) is 6.67 Å². The maximum Gasteiger partial charge on any atom is 0.193 e. The van der Waals surface area contributed by atoms with Gasteiger partial charge < -0.3 is 13.8 Å². The normalized spacial score (nSPS) is 12.2. The maximum absolute atomic E-state index is 13.3. The number of fused-ring (bicyclic) bond motifs is 3. The third kappa shape index (κ3) is 2.82. The molecule has 0 N–H and O–H groups in total. The summed E-state index contributed by atoms with van der Waals surface area (Å²) in [6.07, 6.45) is 0.901. The number of ether oxygens (including phenoxy) is 1. The lowest BCUT2D eigenvalue weighted by molar-refractivity contribution is 0.112. The zero-order valence-corrected chi connectivity index (χ0v) is 15.2. The Balaban J connectivity index is 1.63. The lowest BCUT2D eigenvalue weighted by Crippen LogP contribution is -2.05. The topological polar surface area (TPSA) is 78.4 Å². The van der Waals surface area contributed by atoms with Gasteiger partial charge in [-0.1, -0.05) is 46.7 Å². The van der Waals surface area contributed by atoms with E-state index in [1.807, 2.05) is 30.3 Å². The Morgan fingerprint density at radius 2 is 1.79 bits per heavy atom. The molecule has 29 heavy (non-hydrogen) atoms. The summed E-state index contributed by atoms with van der Waals surface area (Å²) in [5.41, 5.74) is 4.42. The fraction of sp³-hybridized carbons (Fsp3) is 0.136. The second kappa shape index (κ2) is 7.01. The van der Waals surface area contributed by atoms with Gasteiger partial charge in [0, 0.05) is 23.1 Å². The summed E-state index contributed by atoms with van der Waals surface area (Å²) in [6.45, 7) is -0.359. The minimum atomic E-state index is -0.554. The first-order valence-corrected chi connectivity index (χ1v) is 9.11. The Bertz CT molecular complexity index is 1200. The Kier molecular flexibility index (Phi) is 4.20. The van der Waals surface area contributed by atoms with Gasteiger partial charge in [0.15, 0.2) is 17.2 Å². The van der Waals surface area contributed by atoms with Gasteiger partial charge in [0.25, 0.3) is 0 Å². The van der Waals surface area contributed by atoms with E-state index in [-0.39, 0.29) is 13.0 Å². The van der Waals surface area contributed by atoms with Crippen LogP contribution in [0.25, 0.3) is 34.0 Å². The van der Waals surface area contributed by atoms with Crippen molar-refractivity contribution in [3.05, 3.63) is 65.2 Å². The van der Waals surface area contributed by atoms with Crippen molar-refractivity contribution in [1.82, 2.24) is 10.3 Å². The first-order valence-electron chi connectivity index (χ1n) is 9.11. The Labute approximate surface area is 164 Å². The van der Waals surface area contributed by atoms with E-state index >= 15 is 0 Å². The van der Waals surface area contributed by atoms with Crippen molar-refractivity contribution < 1.29 is 23.0 Å². The molecule has 7 heteroatoms. The highest BCUT2D eigenvalue weighted by atomic mass is 19.1. The third-order valence-corrected chi connectivity index (χ3v) is 4.94. The molecular weight excluding hydrogens is 375 g/mol. The lowest BCUT2D eigenvalue weighted by Gasteiger charge is -2.16. The number of hydrogen-bond acceptors (Lipinski definition) is 6. The highest BCUT2D eigenvalue weighted by Crippen LogP contribution is 2.43. The molecule has 0 unspecified atom stereocenters. The lowest BCUT2D eigenvalue weighted by atomic mass is 9.98. The highest BCUT2D eigenvalue weighted by molar-refractivity contribution is 5.83. The molecule has 0 fully saturated rings. The summed E-state index contributed by atoms with van der Waals surface area (Å²) in [6, 6.07) is 14.6. The molecular formula is C22H15FN2O4. The average Bonchev–Trinajstić information content (AvgIpc) is 3.38. The number of halogens is 1. The van der Waals surface area contributed by atoms with Gasteiger partial charge >= 0.3 is 0 Å². The van der Waals surface area contributed by atoms with E-state index in [2.05, 4.69) is 10.3 Å². The molecule has 4 aromatic rings. The molecule has 144 valence electrons. The van der Waals surface area contributed by atoms with Gasteiger partial charge in [0.05, 0.1) is 17.8 Å². The van der Waals surface area contributed by atoms with Gasteiger partial charge in [-0.3, -0.25) is 9.18 Å². The number of aromatic nitrogens is 2. The number of nitrogens with zero attached hydrogens (tertiary/aromatic N) is 2. The van der Waals surface area contributed by atoms with Crippen LogP contribution in [0, 0.1) is 0 Å². The predicted molar refractivity (Wildman–Crippen MR) is 102 cm³/mol. The number of carbonyl (C=O) groups excluding carboxylic acids is 1. The van der Waals surface area contributed by atoms with Crippen LogP contribution in [0.4, 0.5) is 4.39 Å². The van der Waals surface area contributed by atoms with E-state index in [0.717, 1.165) is 11.8 Å². The van der Waals surface area contributed by atoms with E-state index < -0.39 is 6.67 Å². The summed E-state index contributed by atoms with van der Waals surface area (Å²) in [4.78, 5) is 11.0. The van der Waals surface area contributed by atoms with Crippen LogP contribution in [0.3, 0.4) is 0 Å². The molecule has 6 nitrogen and oxygen atoms in total. The monoisotopic (exact) mass is 390 g/mol. The minimum Gasteiger partial charge on any atom is -0.488 e. The molecule has 1 aliphatic rings. The van der Waals surface area contributed by atoms with Crippen molar-refractivity contribution in [3.8, 4) is 39.8 Å². The molecule has 1 aliphatic heterocycles. The number of alkyl halides is 1. The second-order valence-electron chi connectivity index (χ2n) is 6.64. The zero-order chi connectivity index (χ0) is 19.8. The third-order valence-electron chi connectivity index (χ3n) is 4.94. The van der Waals surface area contributed by atoms with Crippen LogP contribution < -0.4 is 4.74 Å². The van der Waals surface area contributed by atoms with E-state index in [9.17, 15) is 9.18 Å². The quantitative estimate of drug-likeness (QED) is 0.452. The van der Waals surface area contributed by atoms with E-state index in [1.165, 1.54) is 0 Å². The molecule has 5 rings (SSSR count). The largest absolute Gasteiger partial charge is 0.488 e. The fourth-order valence-corrected chi connectivity index (χ4v) is 3.55. The van der Waals surface area contributed by atoms with E-state index in [4.69, 9.17) is 13.8 Å². The van der Waals surface area contributed by atoms with Crippen LogP contribution >= 0.6 is 0 Å². The van der Waals surface area contributed by atoms with E-state index in [1.54, 1.807) is 18.2 Å². The highest BCUT2D eigenvalue weighted by Gasteiger charge is 2.30. The first kappa shape index (κ1) is 17.4. The first-order chi connectivity index (χ1) is 14.3. The summed E-state index contributed by atoms with van der Waals surface area (Å²) in [5.74, 6) is 1.47. The van der Waals surface area contributed by atoms with Crippen molar-refractivity contribution in [2.45, 2.75) is 13.0 Å². The maximum atomic E-state index is 13.3. The van der Waals surface area contributed by atoms with Gasteiger partial charge in [0.1, 0.15) is 24.3 Å². The molecule has 0 saturated heterocycles. The SMILES string of the molecule is O=Cc1ccc2c(c1)OCc1c(-c3onc(-c4ccccc4)c3CCF)noc1-2. The van der Waals surface area contributed by atoms with Crippen LogP contribution in [0.1, 0.15) is 21.5 Å². The van der Waals surface area contributed by atoms with Gasteiger partial charge in [-0.25, -0.2) is 0 Å². The van der Waals surface area contributed by atoms with Crippen LogP contribution in [0.2, 0.25) is 0 Å². The molecule has 2 aromatic carbocycles. The van der Waals surface area contributed by atoms with E-state index in [0.29, 0.717) is 50.9 Å². The summed E-state index contributed by atoms with van der Waals surface area (Å²) in [5, 5.41) is 8.35. The molecule has 0 bridgehead atoms. The number of benzene rings is 2. The molecule has 0 spiro atoms. The molecule has 2 aromatic heterocycles. The zero-order valence-electron chi connectivity index (χ0n) is 15.2. The van der Waals surface area contributed by atoms with Gasteiger partial charge in [-0.2, -0.15) is 0 Å². The smallest absolute Gasteiger partial charge is 0.193 e. The Morgan fingerprint density at radius 3 is 2.59 bits per heavy atom. The van der Waals surface area contributed by atoms with Crippen LogP contribution in [-0.4, -0.2) is 23.3 Å². The van der Waals surface area contributed by atoms with Crippen molar-refractivity contribution in [2.24, 2.45) is 0 Å². The van der Waals surface area contributed by atoms with Crippen molar-refractivity contribution in [3.63, 3.8) is 0 Å². The number of hydrogen-bond donors (Lipinski definition) is 0. The van der Waals surface area contributed by atoms with Crippen molar-refractivity contribution in [1.29, 1.82) is 0 Å². The van der Waals surface area contributed by atoms with Gasteiger partial charge in [-0.15, -0.1) is 0 Å². The van der Waals surface area contributed by atoms with Crippen LogP contribution in [-0.2, 0) is 13.0 Å². The Hall–Kier alpha value is -3.74. The summed E-state index contributed by atoms with van der Waals surface area (Å²) in [7, 11) is 0. The standard InChI is InChI=1S/C22H15FN2O4/c23-9-8-16-19(14-4-2-1-3-5-14)24-29-22(16)20-17-12-27-18-10-13(11-26)6-7-15(18)21(17)28-25-20/h1-7,10-11H,8-9,12H2. The average molecular weight is 390 g/mol. The number of carbonyl (C=O) groups is 1. The number of rotatable bonds is 5. The molecule has 0 amide bonds. The fourth-order valence-electron chi connectivity index (χ4n) is 3.55. The Morgan fingerprint density at radius 1 is 1.00 bits per heavy atom. The van der Waals surface area contributed by atoms with Crippen molar-refractivity contribution >= 4 is 6.29 Å². The molecule has 0 aliphatic carbocycles. The summed E-state index contributed by atoms with van der Waals surface area (Å²) >= 11 is 0.